The van der Waals surface area contributed by atoms with Crippen molar-refractivity contribution in [1.82, 2.24) is 10.2 Å². The molecule has 0 fully saturated rings. The highest BCUT2D eigenvalue weighted by atomic mass is 16.3. The molecule has 0 amide bonds. The van der Waals surface area contributed by atoms with E-state index in [1.165, 1.54) is 18.5 Å². The van der Waals surface area contributed by atoms with Crippen LogP contribution in [0.1, 0.15) is 38.5 Å². The SMILES string of the molecule is CCc1occc1CNCCCN(CC)CC. The zero-order chi connectivity index (χ0) is 12.5. The van der Waals surface area contributed by atoms with Gasteiger partial charge in [0, 0.05) is 18.5 Å². The molecule has 0 radical (unpaired) electrons. The van der Waals surface area contributed by atoms with Crippen LogP contribution in [0.25, 0.3) is 0 Å². The Bertz CT molecular complexity index is 292. The fourth-order valence-corrected chi connectivity index (χ4v) is 2.03. The van der Waals surface area contributed by atoms with Gasteiger partial charge in [0.15, 0.2) is 0 Å². The largest absolute Gasteiger partial charge is 0.469 e. The number of aryl methyl sites for hydroxylation is 1. The van der Waals surface area contributed by atoms with Crippen LogP contribution in [0.2, 0.25) is 0 Å². The van der Waals surface area contributed by atoms with Crippen LogP contribution in [0.5, 0.6) is 0 Å². The molecule has 0 unspecified atom stereocenters. The van der Waals surface area contributed by atoms with Crippen LogP contribution in [0.15, 0.2) is 16.7 Å². The van der Waals surface area contributed by atoms with E-state index in [1.807, 2.05) is 0 Å². The highest BCUT2D eigenvalue weighted by Crippen LogP contribution is 2.10. The van der Waals surface area contributed by atoms with Crippen LogP contribution in [0.4, 0.5) is 0 Å². The second-order valence-corrected chi connectivity index (χ2v) is 4.28. The molecule has 0 spiro atoms. The van der Waals surface area contributed by atoms with Crippen molar-refractivity contribution in [2.75, 3.05) is 26.2 Å². The molecule has 0 aliphatic carbocycles. The van der Waals surface area contributed by atoms with Gasteiger partial charge in [-0.15, -0.1) is 0 Å². The minimum Gasteiger partial charge on any atom is -0.469 e. The smallest absolute Gasteiger partial charge is 0.107 e. The average molecular weight is 238 g/mol. The van der Waals surface area contributed by atoms with E-state index in [2.05, 4.69) is 37.1 Å². The maximum atomic E-state index is 5.40. The van der Waals surface area contributed by atoms with Gasteiger partial charge in [-0.05, 0) is 38.7 Å². The lowest BCUT2D eigenvalue weighted by Crippen LogP contribution is -2.27. The summed E-state index contributed by atoms with van der Waals surface area (Å²) in [4.78, 5) is 2.46. The van der Waals surface area contributed by atoms with Gasteiger partial charge < -0.3 is 14.6 Å². The summed E-state index contributed by atoms with van der Waals surface area (Å²) in [5.74, 6) is 1.11. The van der Waals surface area contributed by atoms with Crippen molar-refractivity contribution in [1.29, 1.82) is 0 Å². The molecular weight excluding hydrogens is 212 g/mol. The number of hydrogen-bond acceptors (Lipinski definition) is 3. The molecule has 0 saturated heterocycles. The number of furan rings is 1. The average Bonchev–Trinajstić information content (AvgIpc) is 2.81. The first-order chi connectivity index (χ1) is 8.31. The highest BCUT2D eigenvalue weighted by molar-refractivity contribution is 5.16. The molecule has 3 heteroatoms. The first-order valence-corrected chi connectivity index (χ1v) is 6.80. The Kier molecular flexibility index (Phi) is 6.97. The van der Waals surface area contributed by atoms with Crippen molar-refractivity contribution in [2.45, 2.75) is 40.2 Å². The third-order valence-corrected chi connectivity index (χ3v) is 3.20. The van der Waals surface area contributed by atoms with Crippen molar-refractivity contribution >= 4 is 0 Å². The van der Waals surface area contributed by atoms with E-state index < -0.39 is 0 Å². The molecule has 3 nitrogen and oxygen atoms in total. The van der Waals surface area contributed by atoms with Crippen LogP contribution in [-0.2, 0) is 13.0 Å². The Hall–Kier alpha value is -0.800. The van der Waals surface area contributed by atoms with Gasteiger partial charge >= 0.3 is 0 Å². The monoisotopic (exact) mass is 238 g/mol. The Morgan fingerprint density at radius 1 is 1.24 bits per heavy atom. The van der Waals surface area contributed by atoms with Gasteiger partial charge in [-0.1, -0.05) is 20.8 Å². The van der Waals surface area contributed by atoms with E-state index >= 15 is 0 Å². The molecule has 0 bridgehead atoms. The van der Waals surface area contributed by atoms with Gasteiger partial charge in [-0.25, -0.2) is 0 Å². The van der Waals surface area contributed by atoms with Crippen molar-refractivity contribution in [3.8, 4) is 0 Å². The van der Waals surface area contributed by atoms with Crippen LogP contribution >= 0.6 is 0 Å². The van der Waals surface area contributed by atoms with Crippen LogP contribution in [0, 0.1) is 0 Å². The molecule has 0 atom stereocenters. The fourth-order valence-electron chi connectivity index (χ4n) is 2.03. The lowest BCUT2D eigenvalue weighted by Gasteiger charge is -2.17. The van der Waals surface area contributed by atoms with Crippen molar-refractivity contribution in [3.05, 3.63) is 23.7 Å². The predicted octanol–water partition coefficient (Wildman–Crippen LogP) is 2.66. The Balaban J connectivity index is 2.12. The molecule has 0 aliphatic rings. The first-order valence-electron chi connectivity index (χ1n) is 6.80. The summed E-state index contributed by atoms with van der Waals surface area (Å²) in [6.45, 7) is 12.1. The summed E-state index contributed by atoms with van der Waals surface area (Å²) in [7, 11) is 0. The Labute approximate surface area is 105 Å². The van der Waals surface area contributed by atoms with Gasteiger partial charge in [0.25, 0.3) is 0 Å². The Morgan fingerprint density at radius 2 is 2.00 bits per heavy atom. The number of rotatable bonds is 9. The highest BCUT2D eigenvalue weighted by Gasteiger charge is 2.03. The fraction of sp³-hybridized carbons (Fsp3) is 0.714. The third-order valence-electron chi connectivity index (χ3n) is 3.20. The van der Waals surface area contributed by atoms with Gasteiger partial charge in [0.05, 0.1) is 6.26 Å². The summed E-state index contributed by atoms with van der Waals surface area (Å²) in [5, 5.41) is 3.48. The molecule has 1 aromatic heterocycles. The summed E-state index contributed by atoms with van der Waals surface area (Å²) < 4.78 is 5.40. The number of nitrogens with one attached hydrogen (secondary N) is 1. The Morgan fingerprint density at radius 3 is 2.65 bits per heavy atom. The molecule has 98 valence electrons. The summed E-state index contributed by atoms with van der Waals surface area (Å²) in [5.41, 5.74) is 1.30. The number of nitrogens with zero attached hydrogens (tertiary/aromatic N) is 1. The van der Waals surface area contributed by atoms with Crippen LogP contribution in [0.3, 0.4) is 0 Å². The number of hydrogen-bond donors (Lipinski definition) is 1. The molecule has 1 rings (SSSR count). The summed E-state index contributed by atoms with van der Waals surface area (Å²) >= 11 is 0. The quantitative estimate of drug-likeness (QED) is 0.670. The zero-order valence-electron chi connectivity index (χ0n) is 11.5. The molecule has 1 N–H and O–H groups in total. The lowest BCUT2D eigenvalue weighted by atomic mass is 10.2. The maximum absolute atomic E-state index is 5.40. The van der Waals surface area contributed by atoms with Gasteiger partial charge in [-0.2, -0.15) is 0 Å². The van der Waals surface area contributed by atoms with E-state index in [4.69, 9.17) is 4.42 Å². The molecule has 1 heterocycles. The molecule has 17 heavy (non-hydrogen) atoms. The van der Waals surface area contributed by atoms with E-state index in [1.54, 1.807) is 6.26 Å². The minimum absolute atomic E-state index is 0.928. The third kappa shape index (κ3) is 4.92. The summed E-state index contributed by atoms with van der Waals surface area (Å²) in [6, 6.07) is 2.07. The molecule has 0 aliphatic heterocycles. The molecule has 1 aromatic rings. The van der Waals surface area contributed by atoms with E-state index in [0.29, 0.717) is 0 Å². The topological polar surface area (TPSA) is 28.4 Å². The molecular formula is C14H26N2O. The second-order valence-electron chi connectivity index (χ2n) is 4.28. The zero-order valence-corrected chi connectivity index (χ0v) is 11.5. The second kappa shape index (κ2) is 8.31. The van der Waals surface area contributed by atoms with Crippen LogP contribution < -0.4 is 5.32 Å². The van der Waals surface area contributed by atoms with Gasteiger partial charge in [-0.3, -0.25) is 0 Å². The predicted molar refractivity (Wildman–Crippen MR) is 72.2 cm³/mol. The molecule has 0 saturated carbocycles. The van der Waals surface area contributed by atoms with Crippen molar-refractivity contribution in [3.63, 3.8) is 0 Å². The van der Waals surface area contributed by atoms with Crippen molar-refractivity contribution < 1.29 is 4.42 Å². The van der Waals surface area contributed by atoms with Crippen molar-refractivity contribution in [2.24, 2.45) is 0 Å². The van der Waals surface area contributed by atoms with E-state index in [0.717, 1.165) is 38.4 Å². The van der Waals surface area contributed by atoms with Gasteiger partial charge in [0.1, 0.15) is 5.76 Å². The van der Waals surface area contributed by atoms with Gasteiger partial charge in [0.2, 0.25) is 0 Å². The maximum Gasteiger partial charge on any atom is 0.107 e. The first kappa shape index (κ1) is 14.3. The lowest BCUT2D eigenvalue weighted by molar-refractivity contribution is 0.298. The van der Waals surface area contributed by atoms with E-state index in [9.17, 15) is 0 Å². The van der Waals surface area contributed by atoms with Crippen LogP contribution in [-0.4, -0.2) is 31.1 Å². The minimum atomic E-state index is 0.928. The van der Waals surface area contributed by atoms with E-state index in [-0.39, 0.29) is 0 Å². The summed E-state index contributed by atoms with van der Waals surface area (Å²) in [6.07, 6.45) is 3.97. The standard InChI is InChI=1S/C14H26N2O/c1-4-14-13(8-11-17-14)12-15-9-7-10-16(5-2)6-3/h8,11,15H,4-7,9-10,12H2,1-3H3. The normalized spacial score (nSPS) is 11.3. The molecule has 0 aromatic carbocycles.